The fraction of sp³-hybridized carbons (Fsp3) is 0.700. The van der Waals surface area contributed by atoms with E-state index in [1.807, 2.05) is 55.4 Å². The van der Waals surface area contributed by atoms with E-state index >= 15 is 0 Å². The summed E-state index contributed by atoms with van der Waals surface area (Å²) in [6, 6.07) is 5.13. The molecule has 1 aromatic heterocycles. The molecular formula is C40H72N4O8. The molecule has 12 nitrogen and oxygen atoms in total. The molecule has 300 valence electrons. The van der Waals surface area contributed by atoms with Crippen LogP contribution in [0.3, 0.4) is 0 Å². The predicted molar refractivity (Wildman–Crippen MR) is 213 cm³/mol. The van der Waals surface area contributed by atoms with Crippen LogP contribution < -0.4 is 5.73 Å². The van der Waals surface area contributed by atoms with Crippen LogP contribution in [0.4, 0.5) is 5.82 Å². The number of carbonyl (C=O) groups is 3. The Labute approximate surface area is 315 Å². The van der Waals surface area contributed by atoms with Crippen LogP contribution in [0.25, 0.3) is 0 Å². The van der Waals surface area contributed by atoms with Crippen molar-refractivity contribution in [3.8, 4) is 11.8 Å². The number of amides is 1. The number of carbonyl (C=O) groups excluding carboxylic acids is 3. The summed E-state index contributed by atoms with van der Waals surface area (Å²) in [5.41, 5.74) is 7.31. The van der Waals surface area contributed by atoms with Gasteiger partial charge in [0.25, 0.3) is 0 Å². The zero-order chi connectivity index (χ0) is 41.1. The zero-order valence-corrected chi connectivity index (χ0v) is 35.0. The van der Waals surface area contributed by atoms with Gasteiger partial charge in [-0.05, 0) is 44.7 Å². The largest absolute Gasteiger partial charge is 0.462 e. The van der Waals surface area contributed by atoms with Crippen molar-refractivity contribution in [3.63, 3.8) is 0 Å². The topological polar surface area (TPSA) is 172 Å². The van der Waals surface area contributed by atoms with Gasteiger partial charge < -0.3 is 29.9 Å². The van der Waals surface area contributed by atoms with Crippen LogP contribution in [0, 0.1) is 29.6 Å². The second kappa shape index (κ2) is 37.1. The van der Waals surface area contributed by atoms with Crippen LogP contribution in [-0.4, -0.2) is 84.4 Å². The summed E-state index contributed by atoms with van der Waals surface area (Å²) in [5, 5.41) is 13.4. The SMILES string of the molecule is CC.CC.CC(=O)N=C(C(C)C)C(C)C(C)OC/C(COCCC(=O)C(C)C(=O)OCC(C)O)=N\OCC#Cc1cccc(N)n1.CCC.CCC. The number of hydrogen-bond acceptors (Lipinski definition) is 11. The van der Waals surface area contributed by atoms with Crippen molar-refractivity contribution in [2.24, 2.45) is 27.9 Å². The number of aliphatic hydroxyl groups excluding tert-OH is 1. The van der Waals surface area contributed by atoms with Crippen LogP contribution in [0.1, 0.15) is 129 Å². The molecular weight excluding hydrogens is 664 g/mol. The van der Waals surface area contributed by atoms with Gasteiger partial charge in [0.1, 0.15) is 35.5 Å². The van der Waals surface area contributed by atoms with Gasteiger partial charge in [-0.3, -0.25) is 14.4 Å². The first-order valence-corrected chi connectivity index (χ1v) is 18.7. The molecule has 3 N–H and O–H groups in total. The molecule has 0 aliphatic carbocycles. The standard InChI is InChI=1S/C30H44N4O8.2C3H8.2C2H6/c1-19(2)29(32-24(7)36)21(4)23(6)40-18-26(34-42-14-9-11-25-10-8-12-28(31)33-25)17-39-15-13-27(37)22(5)30(38)41-16-20(3)35;2*1-3-2;2*1-2/h8,10,12,19-23,35H,13-18H2,1-7H3,(H2,31,33);2*3H2,1-2H3;2*1-2H3/b32-29?,34-26-;;;;. The number of aromatic nitrogens is 1. The summed E-state index contributed by atoms with van der Waals surface area (Å²) in [6.07, 6.45) is 1.36. The van der Waals surface area contributed by atoms with Gasteiger partial charge in [0.05, 0.1) is 32.0 Å². The normalized spacial score (nSPS) is 12.9. The Kier molecular flexibility index (Phi) is 39.3. The second-order valence-corrected chi connectivity index (χ2v) is 11.6. The Balaban J connectivity index is -0.00000104. The highest BCUT2D eigenvalue weighted by atomic mass is 16.6. The van der Waals surface area contributed by atoms with E-state index in [1.165, 1.54) is 33.6 Å². The molecule has 1 rings (SSSR count). The van der Waals surface area contributed by atoms with Gasteiger partial charge in [0.15, 0.2) is 6.61 Å². The Hall–Kier alpha value is -3.66. The molecule has 0 fully saturated rings. The lowest BCUT2D eigenvalue weighted by molar-refractivity contribution is -0.153. The molecule has 0 saturated carbocycles. The molecule has 1 aromatic rings. The molecule has 1 amide bonds. The van der Waals surface area contributed by atoms with Gasteiger partial charge in [0.2, 0.25) is 5.91 Å². The molecule has 0 aliphatic heterocycles. The maximum Gasteiger partial charge on any atom is 0.316 e. The van der Waals surface area contributed by atoms with Crippen molar-refractivity contribution in [3.05, 3.63) is 23.9 Å². The number of nitrogen functional groups attached to an aromatic ring is 1. The van der Waals surface area contributed by atoms with Gasteiger partial charge in [-0.2, -0.15) is 0 Å². The Morgan fingerprint density at radius 1 is 0.942 bits per heavy atom. The van der Waals surface area contributed by atoms with Crippen molar-refractivity contribution in [1.29, 1.82) is 0 Å². The average Bonchev–Trinajstić information content (AvgIpc) is 3.11. The van der Waals surface area contributed by atoms with Gasteiger partial charge in [-0.25, -0.2) is 9.98 Å². The Bertz CT molecular complexity index is 1190. The Morgan fingerprint density at radius 3 is 2.02 bits per heavy atom. The van der Waals surface area contributed by atoms with Crippen LogP contribution in [-0.2, 0) is 33.4 Å². The number of aliphatic imine (C=N–C) groups is 1. The number of rotatable bonds is 17. The average molecular weight is 737 g/mol. The lowest BCUT2D eigenvalue weighted by Crippen LogP contribution is -2.32. The molecule has 4 atom stereocenters. The van der Waals surface area contributed by atoms with Crippen LogP contribution >= 0.6 is 0 Å². The van der Waals surface area contributed by atoms with Crippen molar-refractivity contribution < 1.29 is 38.5 Å². The van der Waals surface area contributed by atoms with Crippen molar-refractivity contribution in [1.82, 2.24) is 4.98 Å². The number of oxime groups is 1. The number of pyridine rings is 1. The smallest absolute Gasteiger partial charge is 0.316 e. The summed E-state index contributed by atoms with van der Waals surface area (Å²) < 4.78 is 16.6. The molecule has 12 heteroatoms. The quantitative estimate of drug-likeness (QED) is 0.0408. The number of nitrogens with zero attached hydrogens (tertiary/aromatic N) is 3. The monoisotopic (exact) mass is 737 g/mol. The van der Waals surface area contributed by atoms with Crippen LogP contribution in [0.2, 0.25) is 0 Å². The number of hydrogen-bond donors (Lipinski definition) is 2. The molecule has 52 heavy (non-hydrogen) atoms. The summed E-state index contributed by atoms with van der Waals surface area (Å²) in [7, 11) is 0. The number of aliphatic hydroxyl groups is 1. The van der Waals surface area contributed by atoms with E-state index in [9.17, 15) is 19.5 Å². The number of nitrogens with two attached hydrogens (primary N) is 1. The molecule has 0 aliphatic rings. The van der Waals surface area contributed by atoms with E-state index in [-0.39, 0.29) is 69.1 Å². The Morgan fingerprint density at radius 2 is 1.52 bits per heavy atom. The minimum absolute atomic E-state index is 0.00197. The molecule has 1 heterocycles. The summed E-state index contributed by atoms with van der Waals surface area (Å²) in [6.45, 7) is 28.5. The van der Waals surface area contributed by atoms with Gasteiger partial charge in [-0.15, -0.1) is 0 Å². The van der Waals surface area contributed by atoms with Crippen LogP contribution in [0.15, 0.2) is 28.3 Å². The molecule has 0 aromatic carbocycles. The highest BCUT2D eigenvalue weighted by molar-refractivity contribution is 5.98. The van der Waals surface area contributed by atoms with Crippen LogP contribution in [0.5, 0.6) is 0 Å². The minimum atomic E-state index is -0.977. The lowest BCUT2D eigenvalue weighted by Gasteiger charge is -2.24. The van der Waals surface area contributed by atoms with E-state index in [0.717, 1.165) is 5.71 Å². The highest BCUT2D eigenvalue weighted by Gasteiger charge is 2.24. The van der Waals surface area contributed by atoms with E-state index < -0.39 is 18.0 Å². The number of Topliss-reactive ketones (excluding diaryl/α,β-unsaturated/α-hetero) is 1. The number of anilines is 1. The molecule has 0 spiro atoms. The summed E-state index contributed by atoms with van der Waals surface area (Å²) in [5.74, 6) is 3.63. The van der Waals surface area contributed by atoms with E-state index in [2.05, 4.69) is 54.7 Å². The summed E-state index contributed by atoms with van der Waals surface area (Å²) in [4.78, 5) is 49.5. The fourth-order valence-corrected chi connectivity index (χ4v) is 3.49. The van der Waals surface area contributed by atoms with Crippen molar-refractivity contribution in [2.75, 3.05) is 38.8 Å². The van der Waals surface area contributed by atoms with Gasteiger partial charge in [-0.1, -0.05) is 106 Å². The highest BCUT2D eigenvalue weighted by Crippen LogP contribution is 2.16. The summed E-state index contributed by atoms with van der Waals surface area (Å²) >= 11 is 0. The van der Waals surface area contributed by atoms with E-state index in [1.54, 1.807) is 18.2 Å². The minimum Gasteiger partial charge on any atom is -0.462 e. The van der Waals surface area contributed by atoms with E-state index in [0.29, 0.717) is 17.2 Å². The number of ketones is 1. The van der Waals surface area contributed by atoms with Gasteiger partial charge in [0, 0.05) is 25.0 Å². The first-order chi connectivity index (χ1) is 24.6. The molecule has 0 radical (unpaired) electrons. The van der Waals surface area contributed by atoms with Gasteiger partial charge >= 0.3 is 5.97 Å². The van der Waals surface area contributed by atoms with Crippen molar-refractivity contribution in [2.45, 2.75) is 135 Å². The third-order valence-electron chi connectivity index (χ3n) is 5.94. The predicted octanol–water partition coefficient (Wildman–Crippen LogP) is 7.49. The maximum absolute atomic E-state index is 12.4. The molecule has 4 unspecified atom stereocenters. The van der Waals surface area contributed by atoms with Crippen molar-refractivity contribution >= 4 is 34.9 Å². The zero-order valence-electron chi connectivity index (χ0n) is 35.0. The third-order valence-corrected chi connectivity index (χ3v) is 5.94. The maximum atomic E-state index is 12.4. The first-order valence-electron chi connectivity index (χ1n) is 18.7. The third kappa shape index (κ3) is 31.1. The number of esters is 1. The second-order valence-electron chi connectivity index (χ2n) is 11.6. The molecule has 0 saturated heterocycles. The number of ether oxygens (including phenoxy) is 3. The first kappa shape index (κ1) is 55.1. The fourth-order valence-electron chi connectivity index (χ4n) is 3.49. The lowest BCUT2D eigenvalue weighted by atomic mass is 9.91. The molecule has 0 bridgehead atoms. The van der Waals surface area contributed by atoms with E-state index in [4.69, 9.17) is 24.8 Å².